The van der Waals surface area contributed by atoms with Gasteiger partial charge < -0.3 is 18.8 Å². The van der Waals surface area contributed by atoms with E-state index in [9.17, 15) is 0 Å². The molecule has 3 N–H and O–H groups in total. The lowest BCUT2D eigenvalue weighted by Crippen LogP contribution is -2.39. The third-order valence-corrected chi connectivity index (χ3v) is 1.09. The Kier molecular flexibility index (Phi) is 9.11. The number of hydrogen-bond donors (Lipinski definition) is 3. The van der Waals surface area contributed by atoms with Crippen LogP contribution in [0.2, 0.25) is 0 Å². The van der Waals surface area contributed by atoms with Crippen molar-refractivity contribution in [3.8, 4) is 0 Å². The molecule has 0 aromatic rings. The Morgan fingerprint density at radius 1 is 1.20 bits per heavy atom. The predicted octanol–water partition coefficient (Wildman–Crippen LogP) is -0.148. The van der Waals surface area contributed by atoms with E-state index in [2.05, 4.69) is 4.43 Å². The van der Waals surface area contributed by atoms with Gasteiger partial charge in [0, 0.05) is 6.61 Å². The summed E-state index contributed by atoms with van der Waals surface area (Å²) in [7, 11) is -4.18. The second-order valence-corrected chi connectivity index (χ2v) is 2.86. The molecule has 0 fully saturated rings. The third kappa shape index (κ3) is 15.7. The monoisotopic (exact) mass is 168 g/mol. The van der Waals surface area contributed by atoms with E-state index in [1.54, 1.807) is 6.92 Å². The first-order valence-electron chi connectivity index (χ1n) is 3.37. The largest absolute Gasteiger partial charge is 0.671 e. The average Bonchev–Trinajstić information content (AvgIpc) is 1.87. The highest BCUT2D eigenvalue weighted by Gasteiger charge is 2.29. The lowest BCUT2D eigenvalue weighted by atomic mass is 10.5. The lowest BCUT2D eigenvalue weighted by Gasteiger charge is -2.07. The highest BCUT2D eigenvalue weighted by atomic mass is 28.4. The van der Waals surface area contributed by atoms with Crippen LogP contribution in [0.15, 0.2) is 0 Å². The molecule has 0 radical (unpaired) electrons. The molecule has 0 heterocycles. The third-order valence-electron chi connectivity index (χ3n) is 0.500. The molecule has 4 nitrogen and oxygen atoms in total. The molecule has 0 rings (SSSR count). The molecule has 0 aromatic heterocycles. The molecule has 0 saturated carbocycles. The summed E-state index contributed by atoms with van der Waals surface area (Å²) >= 11 is 0. The SMILES string of the molecule is CC.CCCO[Si](O)(O)O. The van der Waals surface area contributed by atoms with Gasteiger partial charge in [-0.2, -0.15) is 0 Å². The van der Waals surface area contributed by atoms with Gasteiger partial charge in [0.1, 0.15) is 0 Å². The van der Waals surface area contributed by atoms with Gasteiger partial charge in [0.2, 0.25) is 0 Å². The molecule has 0 atom stereocenters. The highest BCUT2D eigenvalue weighted by molar-refractivity contribution is 6.48. The molecule has 5 heteroatoms. The zero-order valence-corrected chi connectivity index (χ0v) is 7.66. The van der Waals surface area contributed by atoms with Crippen molar-refractivity contribution in [1.29, 1.82) is 0 Å². The van der Waals surface area contributed by atoms with Crippen LogP contribution in [0.25, 0.3) is 0 Å². The van der Waals surface area contributed by atoms with Crippen LogP contribution in [0.5, 0.6) is 0 Å². The first-order valence-corrected chi connectivity index (χ1v) is 5.12. The lowest BCUT2D eigenvalue weighted by molar-refractivity contribution is 0.0636. The molecule has 0 unspecified atom stereocenters. The van der Waals surface area contributed by atoms with Crippen LogP contribution in [0.4, 0.5) is 0 Å². The molecule has 0 aliphatic rings. The van der Waals surface area contributed by atoms with Gasteiger partial charge in [0.15, 0.2) is 0 Å². The minimum atomic E-state index is -4.18. The fraction of sp³-hybridized carbons (Fsp3) is 1.00. The van der Waals surface area contributed by atoms with Gasteiger partial charge in [-0.1, -0.05) is 20.8 Å². The van der Waals surface area contributed by atoms with Crippen LogP contribution in [0.1, 0.15) is 27.2 Å². The zero-order valence-electron chi connectivity index (χ0n) is 6.66. The Morgan fingerprint density at radius 2 is 1.60 bits per heavy atom. The van der Waals surface area contributed by atoms with Crippen LogP contribution in [-0.2, 0) is 4.43 Å². The van der Waals surface area contributed by atoms with Crippen LogP contribution >= 0.6 is 0 Å². The highest BCUT2D eigenvalue weighted by Crippen LogP contribution is 1.89. The van der Waals surface area contributed by atoms with Crippen molar-refractivity contribution in [3.63, 3.8) is 0 Å². The first kappa shape index (κ1) is 12.7. The molecule has 0 bridgehead atoms. The Hall–Kier alpha value is 0.0569. The Labute approximate surface area is 62.6 Å². The van der Waals surface area contributed by atoms with E-state index in [1.165, 1.54) is 0 Å². The fourth-order valence-electron chi connectivity index (χ4n) is 0.239. The van der Waals surface area contributed by atoms with Crippen molar-refractivity contribution in [2.75, 3.05) is 6.61 Å². The number of rotatable bonds is 3. The first-order chi connectivity index (χ1) is 4.56. The van der Waals surface area contributed by atoms with E-state index < -0.39 is 9.05 Å². The quantitative estimate of drug-likeness (QED) is 0.513. The molecule has 0 aliphatic carbocycles. The van der Waals surface area contributed by atoms with E-state index >= 15 is 0 Å². The number of hydrogen-bond acceptors (Lipinski definition) is 4. The Bertz CT molecular complexity index is 61.2. The van der Waals surface area contributed by atoms with E-state index in [1.807, 2.05) is 13.8 Å². The van der Waals surface area contributed by atoms with E-state index in [0.29, 0.717) is 6.42 Å². The van der Waals surface area contributed by atoms with E-state index in [-0.39, 0.29) is 6.61 Å². The van der Waals surface area contributed by atoms with Gasteiger partial charge in [0.05, 0.1) is 0 Å². The van der Waals surface area contributed by atoms with E-state index in [0.717, 1.165) is 0 Å². The van der Waals surface area contributed by atoms with E-state index in [4.69, 9.17) is 14.4 Å². The molecule has 64 valence electrons. The summed E-state index contributed by atoms with van der Waals surface area (Å²) in [6, 6.07) is 0. The molecular formula is C5H16O4Si. The van der Waals surface area contributed by atoms with Crippen LogP contribution in [-0.4, -0.2) is 30.0 Å². The van der Waals surface area contributed by atoms with Gasteiger partial charge >= 0.3 is 9.05 Å². The molecule has 0 amide bonds. The van der Waals surface area contributed by atoms with Crippen molar-refractivity contribution < 1.29 is 18.8 Å². The van der Waals surface area contributed by atoms with Crippen molar-refractivity contribution in [1.82, 2.24) is 0 Å². The van der Waals surface area contributed by atoms with Crippen molar-refractivity contribution >= 4 is 9.05 Å². The zero-order chi connectivity index (χ0) is 8.62. The summed E-state index contributed by atoms with van der Waals surface area (Å²) in [5.74, 6) is 0. The van der Waals surface area contributed by atoms with Gasteiger partial charge in [-0.25, -0.2) is 0 Å². The van der Waals surface area contributed by atoms with Crippen molar-refractivity contribution in [3.05, 3.63) is 0 Å². The Morgan fingerprint density at radius 3 is 1.70 bits per heavy atom. The molecule has 10 heavy (non-hydrogen) atoms. The summed E-state index contributed by atoms with van der Waals surface area (Å²) < 4.78 is 4.18. The molecular weight excluding hydrogens is 152 g/mol. The normalized spacial score (nSPS) is 10.2. The summed E-state index contributed by atoms with van der Waals surface area (Å²) in [5.41, 5.74) is 0. The minimum Gasteiger partial charge on any atom is -0.368 e. The van der Waals surface area contributed by atoms with Gasteiger partial charge in [-0.15, -0.1) is 0 Å². The van der Waals surface area contributed by atoms with Gasteiger partial charge in [0.25, 0.3) is 0 Å². The smallest absolute Gasteiger partial charge is 0.368 e. The summed E-state index contributed by atoms with van der Waals surface area (Å²) in [6.07, 6.45) is 0.663. The summed E-state index contributed by atoms with van der Waals surface area (Å²) in [6.45, 7) is 6.00. The molecule has 0 spiro atoms. The maximum atomic E-state index is 8.18. The second-order valence-electron chi connectivity index (χ2n) is 1.42. The minimum absolute atomic E-state index is 0.190. The van der Waals surface area contributed by atoms with Crippen LogP contribution < -0.4 is 0 Å². The van der Waals surface area contributed by atoms with Crippen LogP contribution in [0.3, 0.4) is 0 Å². The van der Waals surface area contributed by atoms with Gasteiger partial charge in [-0.3, -0.25) is 0 Å². The fourth-order valence-corrected chi connectivity index (χ4v) is 0.717. The van der Waals surface area contributed by atoms with Crippen LogP contribution in [0, 0.1) is 0 Å². The second kappa shape index (κ2) is 7.17. The topological polar surface area (TPSA) is 69.9 Å². The molecule has 0 saturated heterocycles. The maximum Gasteiger partial charge on any atom is 0.671 e. The van der Waals surface area contributed by atoms with Crippen molar-refractivity contribution in [2.24, 2.45) is 0 Å². The summed E-state index contributed by atoms with van der Waals surface area (Å²) in [4.78, 5) is 24.5. The maximum absolute atomic E-state index is 8.18. The van der Waals surface area contributed by atoms with Gasteiger partial charge in [-0.05, 0) is 6.42 Å². The summed E-state index contributed by atoms with van der Waals surface area (Å²) in [5, 5.41) is 0. The standard InChI is InChI=1S/C3H10O4Si.C2H6/c1-2-3-7-8(4,5)6;1-2/h4-6H,2-3H2,1H3;1-2H3. The van der Waals surface area contributed by atoms with Crippen molar-refractivity contribution in [2.45, 2.75) is 27.2 Å². The predicted molar refractivity (Wildman–Crippen MR) is 40.0 cm³/mol. The molecule has 0 aliphatic heterocycles. The molecule has 0 aromatic carbocycles. The average molecular weight is 168 g/mol. The Balaban J connectivity index is 0.